The molecule has 2 N–H and O–H groups in total. The standard InChI is InChI=1S/C13H18FNO/c1-10(11-3-2-4-12(14)7-11)15-8-13(9-16)5-6-13/h2-4,7,10,15-16H,5-6,8-9H2,1H3. The summed E-state index contributed by atoms with van der Waals surface area (Å²) < 4.78 is 13.0. The number of hydrogen-bond acceptors (Lipinski definition) is 2. The molecule has 1 unspecified atom stereocenters. The monoisotopic (exact) mass is 223 g/mol. The van der Waals surface area contributed by atoms with Crippen molar-refractivity contribution in [1.82, 2.24) is 5.32 Å². The molecule has 0 bridgehead atoms. The van der Waals surface area contributed by atoms with Gasteiger partial charge in [-0.05, 0) is 37.5 Å². The summed E-state index contributed by atoms with van der Waals surface area (Å²) in [6.45, 7) is 3.07. The van der Waals surface area contributed by atoms with Crippen LogP contribution in [0.4, 0.5) is 4.39 Å². The van der Waals surface area contributed by atoms with Crippen molar-refractivity contribution in [3.05, 3.63) is 35.6 Å². The largest absolute Gasteiger partial charge is 0.396 e. The predicted octanol–water partition coefficient (Wildman–Crippen LogP) is 2.25. The van der Waals surface area contributed by atoms with Crippen LogP contribution in [0.3, 0.4) is 0 Å². The molecular weight excluding hydrogens is 205 g/mol. The molecule has 1 aromatic rings. The first-order valence-corrected chi connectivity index (χ1v) is 5.75. The number of halogens is 1. The maximum absolute atomic E-state index is 13.0. The molecule has 0 heterocycles. The average Bonchev–Trinajstić information content (AvgIpc) is 3.07. The molecule has 0 aliphatic heterocycles. The van der Waals surface area contributed by atoms with E-state index in [1.165, 1.54) is 6.07 Å². The van der Waals surface area contributed by atoms with Gasteiger partial charge in [0.05, 0.1) is 0 Å². The molecule has 0 radical (unpaired) electrons. The Morgan fingerprint density at radius 2 is 2.25 bits per heavy atom. The van der Waals surface area contributed by atoms with Gasteiger partial charge in [0.15, 0.2) is 0 Å². The maximum Gasteiger partial charge on any atom is 0.123 e. The number of hydrogen-bond donors (Lipinski definition) is 2. The number of nitrogens with one attached hydrogen (secondary N) is 1. The second-order valence-electron chi connectivity index (χ2n) is 4.82. The minimum absolute atomic E-state index is 0.0988. The van der Waals surface area contributed by atoms with Crippen molar-refractivity contribution in [3.63, 3.8) is 0 Å². The lowest BCUT2D eigenvalue weighted by molar-refractivity contribution is 0.204. The molecule has 3 heteroatoms. The highest BCUT2D eigenvalue weighted by atomic mass is 19.1. The van der Waals surface area contributed by atoms with Crippen LogP contribution in [0.15, 0.2) is 24.3 Å². The van der Waals surface area contributed by atoms with E-state index in [0.717, 1.165) is 24.9 Å². The van der Waals surface area contributed by atoms with Crippen LogP contribution in [0.5, 0.6) is 0 Å². The Kier molecular flexibility index (Phi) is 3.26. The highest BCUT2D eigenvalue weighted by molar-refractivity contribution is 5.19. The molecule has 16 heavy (non-hydrogen) atoms. The van der Waals surface area contributed by atoms with Gasteiger partial charge in [0, 0.05) is 24.6 Å². The van der Waals surface area contributed by atoms with Crippen LogP contribution in [0.25, 0.3) is 0 Å². The van der Waals surface area contributed by atoms with Crippen molar-refractivity contribution in [1.29, 1.82) is 0 Å². The van der Waals surface area contributed by atoms with E-state index in [1.807, 2.05) is 13.0 Å². The predicted molar refractivity (Wildman–Crippen MR) is 61.6 cm³/mol. The molecule has 1 aliphatic rings. The van der Waals surface area contributed by atoms with E-state index >= 15 is 0 Å². The first kappa shape index (κ1) is 11.6. The van der Waals surface area contributed by atoms with Crippen molar-refractivity contribution in [3.8, 4) is 0 Å². The number of aliphatic hydroxyl groups excluding tert-OH is 1. The van der Waals surface area contributed by atoms with Crippen LogP contribution < -0.4 is 5.32 Å². The maximum atomic E-state index is 13.0. The molecule has 0 amide bonds. The zero-order valence-electron chi connectivity index (χ0n) is 9.54. The highest BCUT2D eigenvalue weighted by Gasteiger charge is 2.41. The van der Waals surface area contributed by atoms with E-state index in [1.54, 1.807) is 12.1 Å². The molecule has 1 saturated carbocycles. The second kappa shape index (κ2) is 4.52. The average molecular weight is 223 g/mol. The molecule has 2 nitrogen and oxygen atoms in total. The van der Waals surface area contributed by atoms with Gasteiger partial charge in [0.25, 0.3) is 0 Å². The molecule has 1 aromatic carbocycles. The van der Waals surface area contributed by atoms with Crippen molar-refractivity contribution in [2.24, 2.45) is 5.41 Å². The lowest BCUT2D eigenvalue weighted by Gasteiger charge is -2.18. The fourth-order valence-electron chi connectivity index (χ4n) is 1.83. The van der Waals surface area contributed by atoms with Crippen molar-refractivity contribution in [2.45, 2.75) is 25.8 Å². The molecule has 2 rings (SSSR count). The second-order valence-corrected chi connectivity index (χ2v) is 4.82. The number of benzene rings is 1. The van der Waals surface area contributed by atoms with E-state index in [-0.39, 0.29) is 23.9 Å². The summed E-state index contributed by atoms with van der Waals surface area (Å²) in [6.07, 6.45) is 2.18. The fraction of sp³-hybridized carbons (Fsp3) is 0.538. The Hall–Kier alpha value is -0.930. The molecule has 0 aromatic heterocycles. The molecule has 1 fully saturated rings. The third-order valence-electron chi connectivity index (χ3n) is 3.42. The molecular formula is C13H18FNO. The van der Waals surface area contributed by atoms with Gasteiger partial charge < -0.3 is 10.4 Å². The van der Waals surface area contributed by atoms with Crippen molar-refractivity contribution in [2.75, 3.05) is 13.2 Å². The van der Waals surface area contributed by atoms with E-state index in [4.69, 9.17) is 0 Å². The van der Waals surface area contributed by atoms with E-state index in [2.05, 4.69) is 5.32 Å². The van der Waals surface area contributed by atoms with Gasteiger partial charge in [-0.15, -0.1) is 0 Å². The SMILES string of the molecule is CC(NCC1(CO)CC1)c1cccc(F)c1. The van der Waals surface area contributed by atoms with Crippen LogP contribution >= 0.6 is 0 Å². The summed E-state index contributed by atoms with van der Waals surface area (Å²) >= 11 is 0. The number of aliphatic hydroxyl groups is 1. The van der Waals surface area contributed by atoms with Crippen LogP contribution in [-0.2, 0) is 0 Å². The van der Waals surface area contributed by atoms with Crippen LogP contribution in [-0.4, -0.2) is 18.3 Å². The van der Waals surface area contributed by atoms with E-state index < -0.39 is 0 Å². The summed E-state index contributed by atoms with van der Waals surface area (Å²) in [5.74, 6) is -0.200. The van der Waals surface area contributed by atoms with Gasteiger partial charge in [-0.3, -0.25) is 0 Å². The van der Waals surface area contributed by atoms with Crippen molar-refractivity contribution < 1.29 is 9.50 Å². The van der Waals surface area contributed by atoms with Crippen LogP contribution in [0.1, 0.15) is 31.4 Å². The normalized spacial score (nSPS) is 19.4. The zero-order valence-corrected chi connectivity index (χ0v) is 9.54. The Labute approximate surface area is 95.5 Å². The van der Waals surface area contributed by atoms with Crippen molar-refractivity contribution >= 4 is 0 Å². The molecule has 1 atom stereocenters. The first-order chi connectivity index (χ1) is 7.65. The Morgan fingerprint density at radius 1 is 1.50 bits per heavy atom. The smallest absolute Gasteiger partial charge is 0.123 e. The molecule has 1 aliphatic carbocycles. The van der Waals surface area contributed by atoms with Crippen LogP contribution in [0, 0.1) is 11.2 Å². The Morgan fingerprint density at radius 3 is 2.81 bits per heavy atom. The van der Waals surface area contributed by atoms with E-state index in [0.29, 0.717) is 0 Å². The van der Waals surface area contributed by atoms with Gasteiger partial charge in [0.1, 0.15) is 5.82 Å². The van der Waals surface area contributed by atoms with Gasteiger partial charge in [-0.25, -0.2) is 4.39 Å². The summed E-state index contributed by atoms with van der Waals surface area (Å²) in [6, 6.07) is 6.77. The minimum atomic E-state index is -0.200. The lowest BCUT2D eigenvalue weighted by Crippen LogP contribution is -2.28. The first-order valence-electron chi connectivity index (χ1n) is 5.75. The minimum Gasteiger partial charge on any atom is -0.396 e. The van der Waals surface area contributed by atoms with Gasteiger partial charge >= 0.3 is 0 Å². The van der Waals surface area contributed by atoms with Crippen LogP contribution in [0.2, 0.25) is 0 Å². The summed E-state index contributed by atoms with van der Waals surface area (Å²) in [4.78, 5) is 0. The third kappa shape index (κ3) is 2.60. The molecule has 0 saturated heterocycles. The summed E-state index contributed by atoms with van der Waals surface area (Å²) in [7, 11) is 0. The lowest BCUT2D eigenvalue weighted by atomic mass is 10.1. The third-order valence-corrected chi connectivity index (χ3v) is 3.42. The van der Waals surface area contributed by atoms with Gasteiger partial charge in [0.2, 0.25) is 0 Å². The van der Waals surface area contributed by atoms with Gasteiger partial charge in [-0.2, -0.15) is 0 Å². The number of rotatable bonds is 5. The topological polar surface area (TPSA) is 32.3 Å². The highest BCUT2D eigenvalue weighted by Crippen LogP contribution is 2.44. The zero-order chi connectivity index (χ0) is 11.6. The summed E-state index contributed by atoms with van der Waals surface area (Å²) in [5, 5.41) is 12.5. The molecule has 0 spiro atoms. The van der Waals surface area contributed by atoms with Gasteiger partial charge in [-0.1, -0.05) is 12.1 Å². The Bertz CT molecular complexity index is 363. The fourth-order valence-corrected chi connectivity index (χ4v) is 1.83. The molecule has 88 valence electrons. The van der Waals surface area contributed by atoms with E-state index in [9.17, 15) is 9.50 Å². The quantitative estimate of drug-likeness (QED) is 0.802. The Balaban J connectivity index is 1.90. The summed E-state index contributed by atoms with van der Waals surface area (Å²) in [5.41, 5.74) is 1.05.